The van der Waals surface area contributed by atoms with Gasteiger partial charge in [-0.1, -0.05) is 19.0 Å². The molecule has 8 nitrogen and oxygen atoms in total. The molecule has 0 radical (unpaired) electrons. The molecular weight excluding hydrogens is 272 g/mol. The fourth-order valence-corrected chi connectivity index (χ4v) is 2.72. The van der Waals surface area contributed by atoms with E-state index in [-0.39, 0.29) is 11.8 Å². The first kappa shape index (κ1) is 14.0. The summed E-state index contributed by atoms with van der Waals surface area (Å²) in [5.41, 5.74) is 5.32. The van der Waals surface area contributed by atoms with Crippen molar-refractivity contribution in [1.82, 2.24) is 25.3 Å². The molecule has 1 fully saturated rings. The number of anilines is 1. The second-order valence-corrected chi connectivity index (χ2v) is 6.33. The number of aromatic amines is 1. The summed E-state index contributed by atoms with van der Waals surface area (Å²) in [7, 11) is 1.70. The van der Waals surface area contributed by atoms with Crippen LogP contribution < -0.4 is 5.73 Å². The van der Waals surface area contributed by atoms with Crippen LogP contribution in [0.15, 0.2) is 4.52 Å². The molecule has 0 aromatic carbocycles. The van der Waals surface area contributed by atoms with Gasteiger partial charge in [0, 0.05) is 7.11 Å². The Morgan fingerprint density at radius 3 is 2.48 bits per heavy atom. The maximum atomic E-state index is 5.76. The lowest BCUT2D eigenvalue weighted by Crippen LogP contribution is -2.37. The number of hydrogen-bond donors (Lipinski definition) is 2. The van der Waals surface area contributed by atoms with Crippen LogP contribution in [0.4, 0.5) is 5.95 Å². The number of nitrogens with zero attached hydrogens (tertiary/aromatic N) is 4. The van der Waals surface area contributed by atoms with Gasteiger partial charge in [-0.05, 0) is 31.1 Å². The van der Waals surface area contributed by atoms with E-state index in [4.69, 9.17) is 15.0 Å². The highest BCUT2D eigenvalue weighted by Crippen LogP contribution is 2.46. The molecule has 2 aromatic rings. The van der Waals surface area contributed by atoms with Crippen LogP contribution in [0.2, 0.25) is 0 Å². The number of nitrogens with one attached hydrogen (secondary N) is 1. The van der Waals surface area contributed by atoms with Gasteiger partial charge in [-0.3, -0.25) is 5.10 Å². The molecule has 0 spiro atoms. The summed E-state index contributed by atoms with van der Waals surface area (Å²) in [6.45, 7) is 4.54. The average molecular weight is 292 g/mol. The summed E-state index contributed by atoms with van der Waals surface area (Å²) in [5, 5.41) is 10.5. The topological polar surface area (TPSA) is 116 Å². The number of ether oxygens (including phenoxy) is 1. The quantitative estimate of drug-likeness (QED) is 0.887. The monoisotopic (exact) mass is 292 g/mol. The van der Waals surface area contributed by atoms with Crippen molar-refractivity contribution in [2.45, 2.75) is 45.1 Å². The number of rotatable bonds is 3. The van der Waals surface area contributed by atoms with E-state index in [9.17, 15) is 0 Å². The van der Waals surface area contributed by atoms with Crippen molar-refractivity contribution >= 4 is 5.95 Å². The fraction of sp³-hybridized carbons (Fsp3) is 0.692. The molecular formula is C13H20N6O2. The Kier molecular flexibility index (Phi) is 3.20. The van der Waals surface area contributed by atoms with Crippen molar-refractivity contribution in [2.24, 2.45) is 5.41 Å². The molecule has 3 N–H and O–H groups in total. The molecule has 21 heavy (non-hydrogen) atoms. The van der Waals surface area contributed by atoms with E-state index in [1.165, 1.54) is 0 Å². The Morgan fingerprint density at radius 2 is 1.90 bits per heavy atom. The molecule has 0 atom stereocenters. The van der Waals surface area contributed by atoms with Crippen molar-refractivity contribution in [3.05, 3.63) is 5.82 Å². The highest BCUT2D eigenvalue weighted by Gasteiger charge is 2.43. The molecule has 3 rings (SSSR count). The lowest BCUT2D eigenvalue weighted by molar-refractivity contribution is -0.0740. The SMILES string of the molecule is COC1(c2noc(-c3nc(N)n[nH]3)n2)CCC(C)(C)CC1. The minimum Gasteiger partial charge on any atom is -0.370 e. The maximum absolute atomic E-state index is 5.76. The smallest absolute Gasteiger partial charge is 0.295 e. The molecule has 2 heterocycles. The Labute approximate surface area is 122 Å². The lowest BCUT2D eigenvalue weighted by Gasteiger charge is -2.40. The molecule has 0 saturated heterocycles. The van der Waals surface area contributed by atoms with E-state index in [1.807, 2.05) is 0 Å². The molecule has 8 heteroatoms. The van der Waals surface area contributed by atoms with Gasteiger partial charge in [0.15, 0.2) is 0 Å². The zero-order valence-electron chi connectivity index (χ0n) is 12.5. The summed E-state index contributed by atoms with van der Waals surface area (Å²) in [6.07, 6.45) is 3.85. The predicted octanol–water partition coefficient (Wildman–Crippen LogP) is 1.88. The van der Waals surface area contributed by atoms with Crippen LogP contribution in [-0.4, -0.2) is 32.4 Å². The third-order valence-corrected chi connectivity index (χ3v) is 4.34. The van der Waals surface area contributed by atoms with Gasteiger partial charge in [-0.25, -0.2) is 0 Å². The number of nitrogen functional groups attached to an aromatic ring is 1. The van der Waals surface area contributed by atoms with Crippen LogP contribution in [0.25, 0.3) is 11.7 Å². The van der Waals surface area contributed by atoms with E-state index < -0.39 is 5.60 Å². The van der Waals surface area contributed by atoms with E-state index in [0.29, 0.717) is 17.1 Å². The van der Waals surface area contributed by atoms with E-state index in [1.54, 1.807) is 7.11 Å². The highest BCUT2D eigenvalue weighted by atomic mass is 16.5. The molecule has 0 bridgehead atoms. The summed E-state index contributed by atoms with van der Waals surface area (Å²) in [6, 6.07) is 0. The minimum absolute atomic E-state index is 0.144. The standard InChI is InChI=1S/C13H20N6O2/c1-12(2)4-6-13(20-3,7-5-12)10-16-9(21-19-10)8-15-11(14)18-17-8/h4-7H2,1-3H3,(H3,14,15,17,18). The van der Waals surface area contributed by atoms with Crippen molar-refractivity contribution in [2.75, 3.05) is 12.8 Å². The highest BCUT2D eigenvalue weighted by molar-refractivity contribution is 5.41. The van der Waals surface area contributed by atoms with Gasteiger partial charge in [0.05, 0.1) is 0 Å². The molecule has 0 amide bonds. The first-order chi connectivity index (χ1) is 9.94. The fourth-order valence-electron chi connectivity index (χ4n) is 2.72. The normalized spacial score (nSPS) is 20.5. The van der Waals surface area contributed by atoms with Crippen LogP contribution in [0.3, 0.4) is 0 Å². The Bertz CT molecular complexity index is 622. The van der Waals surface area contributed by atoms with Crippen molar-refractivity contribution in [3.63, 3.8) is 0 Å². The summed E-state index contributed by atoms with van der Waals surface area (Å²) >= 11 is 0. The second kappa shape index (κ2) is 4.80. The van der Waals surface area contributed by atoms with Crippen LogP contribution in [-0.2, 0) is 10.3 Å². The average Bonchev–Trinajstić information content (AvgIpc) is 3.08. The van der Waals surface area contributed by atoms with Gasteiger partial charge in [-0.15, -0.1) is 5.10 Å². The Balaban J connectivity index is 1.87. The molecule has 1 aliphatic carbocycles. The summed E-state index contributed by atoms with van der Waals surface area (Å²) in [4.78, 5) is 8.40. The zero-order chi connectivity index (χ0) is 15.1. The number of H-pyrrole nitrogens is 1. The number of methoxy groups -OCH3 is 1. The first-order valence-corrected chi connectivity index (χ1v) is 7.02. The lowest BCUT2D eigenvalue weighted by atomic mass is 9.70. The maximum Gasteiger partial charge on any atom is 0.295 e. The van der Waals surface area contributed by atoms with Gasteiger partial charge >= 0.3 is 0 Å². The van der Waals surface area contributed by atoms with E-state index in [2.05, 4.69) is 39.2 Å². The van der Waals surface area contributed by atoms with Crippen molar-refractivity contribution < 1.29 is 9.26 Å². The molecule has 0 unspecified atom stereocenters. The van der Waals surface area contributed by atoms with Crippen molar-refractivity contribution in [1.29, 1.82) is 0 Å². The van der Waals surface area contributed by atoms with Gasteiger partial charge in [0.2, 0.25) is 17.6 Å². The third-order valence-electron chi connectivity index (χ3n) is 4.34. The summed E-state index contributed by atoms with van der Waals surface area (Å²) in [5.74, 6) is 1.35. The predicted molar refractivity (Wildman–Crippen MR) is 75.0 cm³/mol. The van der Waals surface area contributed by atoms with Crippen LogP contribution >= 0.6 is 0 Å². The molecule has 114 valence electrons. The third kappa shape index (κ3) is 2.51. The van der Waals surface area contributed by atoms with Crippen LogP contribution in [0.1, 0.15) is 45.4 Å². The van der Waals surface area contributed by atoms with Gasteiger partial charge in [0.1, 0.15) is 5.60 Å². The Hall–Kier alpha value is -1.96. The van der Waals surface area contributed by atoms with Crippen LogP contribution in [0, 0.1) is 5.41 Å². The Morgan fingerprint density at radius 1 is 1.19 bits per heavy atom. The largest absolute Gasteiger partial charge is 0.370 e. The van der Waals surface area contributed by atoms with E-state index in [0.717, 1.165) is 25.7 Å². The van der Waals surface area contributed by atoms with Gasteiger partial charge < -0.3 is 15.0 Å². The number of nitrogens with two attached hydrogens (primary N) is 1. The first-order valence-electron chi connectivity index (χ1n) is 7.02. The summed E-state index contributed by atoms with van der Waals surface area (Å²) < 4.78 is 11.0. The second-order valence-electron chi connectivity index (χ2n) is 6.33. The molecule has 2 aromatic heterocycles. The zero-order valence-corrected chi connectivity index (χ0v) is 12.5. The van der Waals surface area contributed by atoms with Crippen LogP contribution in [0.5, 0.6) is 0 Å². The minimum atomic E-state index is -0.483. The van der Waals surface area contributed by atoms with E-state index >= 15 is 0 Å². The number of aromatic nitrogens is 5. The van der Waals surface area contributed by atoms with Gasteiger partial charge in [0.25, 0.3) is 5.89 Å². The van der Waals surface area contributed by atoms with Gasteiger partial charge in [-0.2, -0.15) is 9.97 Å². The number of hydrogen-bond acceptors (Lipinski definition) is 7. The molecule has 1 saturated carbocycles. The molecule has 1 aliphatic rings. The molecule has 0 aliphatic heterocycles. The van der Waals surface area contributed by atoms with Crippen molar-refractivity contribution in [3.8, 4) is 11.7 Å².